The van der Waals surface area contributed by atoms with Crippen molar-refractivity contribution in [1.29, 1.82) is 0 Å². The van der Waals surface area contributed by atoms with Crippen molar-refractivity contribution >= 4 is 23.2 Å². The Bertz CT molecular complexity index is 468. The first-order chi connectivity index (χ1) is 7.66. The fourth-order valence-electron chi connectivity index (χ4n) is 1.52. The van der Waals surface area contributed by atoms with E-state index < -0.39 is 0 Å². The second-order valence-electron chi connectivity index (χ2n) is 3.53. The zero-order chi connectivity index (χ0) is 11.5. The van der Waals surface area contributed by atoms with Crippen LogP contribution in [0.3, 0.4) is 0 Å². The van der Waals surface area contributed by atoms with Crippen molar-refractivity contribution in [3.8, 4) is 0 Å². The van der Waals surface area contributed by atoms with Gasteiger partial charge < -0.3 is 10.3 Å². The lowest BCUT2D eigenvalue weighted by atomic mass is 10.1. The van der Waals surface area contributed by atoms with Crippen molar-refractivity contribution < 1.29 is 0 Å². The van der Waals surface area contributed by atoms with Gasteiger partial charge in [-0.3, -0.25) is 0 Å². The van der Waals surface area contributed by atoms with Gasteiger partial charge in [-0.2, -0.15) is 0 Å². The first-order valence-electron chi connectivity index (χ1n) is 4.83. The van der Waals surface area contributed by atoms with Gasteiger partial charge in [-0.05, 0) is 23.8 Å². The quantitative estimate of drug-likeness (QED) is 0.917. The average Bonchev–Trinajstić information content (AvgIpc) is 2.74. The molecule has 0 amide bonds. The van der Waals surface area contributed by atoms with E-state index in [4.69, 9.17) is 28.9 Å². The maximum Gasteiger partial charge on any atom is 0.0946 e. The number of rotatable bonds is 3. The van der Waals surface area contributed by atoms with E-state index >= 15 is 0 Å². The molecule has 1 heterocycles. The molecule has 84 valence electrons. The second kappa shape index (κ2) is 4.87. The highest BCUT2D eigenvalue weighted by atomic mass is 35.5. The number of imidazole rings is 1. The lowest BCUT2D eigenvalue weighted by molar-refractivity contribution is 0.577. The van der Waals surface area contributed by atoms with Crippen LogP contribution in [0.1, 0.15) is 11.6 Å². The summed E-state index contributed by atoms with van der Waals surface area (Å²) < 4.78 is 1.90. The molecule has 0 saturated carbocycles. The van der Waals surface area contributed by atoms with Crippen LogP contribution in [0.2, 0.25) is 10.0 Å². The van der Waals surface area contributed by atoms with Crippen molar-refractivity contribution in [2.24, 2.45) is 5.73 Å². The molecular weight excluding hydrogens is 245 g/mol. The van der Waals surface area contributed by atoms with E-state index in [1.165, 1.54) is 0 Å². The third-order valence-corrected chi connectivity index (χ3v) is 2.90. The van der Waals surface area contributed by atoms with Gasteiger partial charge in [-0.25, -0.2) is 4.98 Å². The van der Waals surface area contributed by atoms with E-state index in [1.807, 2.05) is 10.8 Å². The molecule has 2 rings (SSSR count). The number of hydrogen-bond donors (Lipinski definition) is 1. The standard InChI is InChI=1S/C11H11Cl2N3/c12-8-1-2-10(13)9(5-8)11(14)6-16-4-3-15-7-16/h1-5,7,11H,6,14H2. The number of nitrogens with two attached hydrogens (primary N) is 1. The van der Waals surface area contributed by atoms with Gasteiger partial charge >= 0.3 is 0 Å². The number of benzene rings is 1. The Hall–Kier alpha value is -1.03. The first kappa shape index (κ1) is 11.5. The Labute approximate surface area is 104 Å². The van der Waals surface area contributed by atoms with E-state index in [0.29, 0.717) is 16.6 Å². The van der Waals surface area contributed by atoms with Gasteiger partial charge in [0, 0.05) is 35.0 Å². The van der Waals surface area contributed by atoms with Crippen LogP contribution in [-0.2, 0) is 6.54 Å². The fraction of sp³-hybridized carbons (Fsp3) is 0.182. The molecule has 1 unspecified atom stereocenters. The monoisotopic (exact) mass is 255 g/mol. The lowest BCUT2D eigenvalue weighted by Crippen LogP contribution is -2.17. The largest absolute Gasteiger partial charge is 0.336 e. The van der Waals surface area contributed by atoms with Crippen molar-refractivity contribution in [3.63, 3.8) is 0 Å². The number of nitrogens with zero attached hydrogens (tertiary/aromatic N) is 2. The van der Waals surface area contributed by atoms with Crippen LogP contribution in [0.5, 0.6) is 0 Å². The van der Waals surface area contributed by atoms with Crippen molar-refractivity contribution in [3.05, 3.63) is 52.5 Å². The Balaban J connectivity index is 2.20. The zero-order valence-electron chi connectivity index (χ0n) is 8.48. The van der Waals surface area contributed by atoms with E-state index in [0.717, 1.165) is 5.56 Å². The summed E-state index contributed by atoms with van der Waals surface area (Å²) in [5, 5.41) is 1.28. The molecule has 16 heavy (non-hydrogen) atoms. The number of aromatic nitrogens is 2. The molecule has 2 N–H and O–H groups in total. The third-order valence-electron chi connectivity index (χ3n) is 2.32. The molecule has 1 atom stereocenters. The van der Waals surface area contributed by atoms with E-state index in [2.05, 4.69) is 4.98 Å². The highest BCUT2D eigenvalue weighted by molar-refractivity contribution is 6.33. The minimum Gasteiger partial charge on any atom is -0.336 e. The van der Waals surface area contributed by atoms with Crippen LogP contribution in [0.4, 0.5) is 0 Å². The average molecular weight is 256 g/mol. The number of hydrogen-bond acceptors (Lipinski definition) is 2. The van der Waals surface area contributed by atoms with Crippen molar-refractivity contribution in [1.82, 2.24) is 9.55 Å². The van der Waals surface area contributed by atoms with Crippen LogP contribution in [-0.4, -0.2) is 9.55 Å². The molecule has 0 fully saturated rings. The molecule has 0 aliphatic carbocycles. The normalized spacial score (nSPS) is 12.7. The summed E-state index contributed by atoms with van der Waals surface area (Å²) in [7, 11) is 0. The summed E-state index contributed by atoms with van der Waals surface area (Å²) in [6, 6.07) is 5.11. The SMILES string of the molecule is NC(Cn1ccnc1)c1cc(Cl)ccc1Cl. The molecule has 0 aliphatic heterocycles. The first-order valence-corrected chi connectivity index (χ1v) is 5.58. The van der Waals surface area contributed by atoms with Gasteiger partial charge in [0.2, 0.25) is 0 Å². The summed E-state index contributed by atoms with van der Waals surface area (Å²) >= 11 is 12.0. The maximum absolute atomic E-state index is 6.07. The van der Waals surface area contributed by atoms with Crippen molar-refractivity contribution in [2.75, 3.05) is 0 Å². The van der Waals surface area contributed by atoms with Gasteiger partial charge in [0.25, 0.3) is 0 Å². The molecule has 5 heteroatoms. The third kappa shape index (κ3) is 2.55. The molecule has 3 nitrogen and oxygen atoms in total. The topological polar surface area (TPSA) is 43.8 Å². The molecular formula is C11H11Cl2N3. The van der Waals surface area contributed by atoms with Gasteiger partial charge in [0.05, 0.1) is 6.33 Å². The smallest absolute Gasteiger partial charge is 0.0946 e. The Morgan fingerprint density at radius 2 is 2.19 bits per heavy atom. The second-order valence-corrected chi connectivity index (χ2v) is 4.38. The fourth-order valence-corrected chi connectivity index (χ4v) is 1.96. The minimum absolute atomic E-state index is 0.194. The van der Waals surface area contributed by atoms with Crippen LogP contribution < -0.4 is 5.73 Å². The van der Waals surface area contributed by atoms with Gasteiger partial charge in [0.1, 0.15) is 0 Å². The Morgan fingerprint density at radius 3 is 2.88 bits per heavy atom. The predicted octanol–water partition coefficient (Wildman–Crippen LogP) is 2.89. The molecule has 0 bridgehead atoms. The predicted molar refractivity (Wildman–Crippen MR) is 65.6 cm³/mol. The summed E-state index contributed by atoms with van der Waals surface area (Å²) in [4.78, 5) is 3.96. The highest BCUT2D eigenvalue weighted by Crippen LogP contribution is 2.25. The molecule has 0 saturated heterocycles. The molecule has 0 radical (unpaired) electrons. The van der Waals surface area contributed by atoms with Crippen LogP contribution >= 0.6 is 23.2 Å². The van der Waals surface area contributed by atoms with E-state index in [1.54, 1.807) is 30.7 Å². The zero-order valence-corrected chi connectivity index (χ0v) is 9.99. The van der Waals surface area contributed by atoms with Gasteiger partial charge in [-0.1, -0.05) is 23.2 Å². The summed E-state index contributed by atoms with van der Waals surface area (Å²) in [6.07, 6.45) is 5.29. The minimum atomic E-state index is -0.194. The van der Waals surface area contributed by atoms with Gasteiger partial charge in [0.15, 0.2) is 0 Å². The van der Waals surface area contributed by atoms with E-state index in [-0.39, 0.29) is 6.04 Å². The summed E-state index contributed by atoms with van der Waals surface area (Å²) in [5.74, 6) is 0. The van der Waals surface area contributed by atoms with Crippen LogP contribution in [0.15, 0.2) is 36.9 Å². The van der Waals surface area contributed by atoms with Gasteiger partial charge in [-0.15, -0.1) is 0 Å². The molecule has 0 spiro atoms. The highest BCUT2D eigenvalue weighted by Gasteiger charge is 2.11. The molecule has 1 aromatic heterocycles. The maximum atomic E-state index is 6.07. The van der Waals surface area contributed by atoms with Crippen LogP contribution in [0.25, 0.3) is 0 Å². The molecule has 2 aromatic rings. The Kier molecular flexibility index (Phi) is 3.49. The van der Waals surface area contributed by atoms with E-state index in [9.17, 15) is 0 Å². The Morgan fingerprint density at radius 1 is 1.38 bits per heavy atom. The van der Waals surface area contributed by atoms with Crippen LogP contribution in [0, 0.1) is 0 Å². The van der Waals surface area contributed by atoms with Crippen molar-refractivity contribution in [2.45, 2.75) is 12.6 Å². The summed E-state index contributed by atoms with van der Waals surface area (Å²) in [5.41, 5.74) is 6.91. The molecule has 0 aliphatic rings. The number of halogens is 2. The lowest BCUT2D eigenvalue weighted by Gasteiger charge is -2.14. The molecule has 1 aromatic carbocycles. The summed E-state index contributed by atoms with van der Waals surface area (Å²) in [6.45, 7) is 0.625.